The zero-order valence-corrected chi connectivity index (χ0v) is 17.2. The van der Waals surface area contributed by atoms with Gasteiger partial charge in [0.1, 0.15) is 5.15 Å². The van der Waals surface area contributed by atoms with Gasteiger partial charge in [-0.1, -0.05) is 31.5 Å². The first kappa shape index (κ1) is 22.4. The fourth-order valence-corrected chi connectivity index (χ4v) is 1.79. The summed E-state index contributed by atoms with van der Waals surface area (Å²) in [4.78, 5) is 8.56. The average molecular weight is 455 g/mol. The molecular formula is C16H28ClIN4O. The van der Waals surface area contributed by atoms with Gasteiger partial charge in [0.05, 0.1) is 13.2 Å². The van der Waals surface area contributed by atoms with Gasteiger partial charge in [-0.3, -0.25) is 0 Å². The smallest absolute Gasteiger partial charge is 0.191 e. The average Bonchev–Trinajstić information content (AvgIpc) is 2.49. The number of aliphatic imine (C=N–C) groups is 1. The van der Waals surface area contributed by atoms with Crippen LogP contribution in [0.1, 0.15) is 32.8 Å². The maximum absolute atomic E-state index is 5.77. The van der Waals surface area contributed by atoms with E-state index in [1.165, 1.54) is 0 Å². The van der Waals surface area contributed by atoms with Gasteiger partial charge in [-0.25, -0.2) is 9.98 Å². The van der Waals surface area contributed by atoms with Crippen LogP contribution < -0.4 is 10.6 Å². The molecule has 0 bridgehead atoms. The van der Waals surface area contributed by atoms with E-state index in [1.807, 2.05) is 13.0 Å². The quantitative estimate of drug-likeness (QED) is 0.197. The van der Waals surface area contributed by atoms with Crippen molar-refractivity contribution in [2.45, 2.75) is 33.7 Å². The van der Waals surface area contributed by atoms with Gasteiger partial charge in [0.15, 0.2) is 5.96 Å². The Morgan fingerprint density at radius 1 is 1.30 bits per heavy atom. The molecule has 1 rings (SSSR count). The molecule has 1 aromatic rings. The molecule has 0 saturated heterocycles. The second kappa shape index (κ2) is 13.8. The van der Waals surface area contributed by atoms with Gasteiger partial charge >= 0.3 is 0 Å². The van der Waals surface area contributed by atoms with E-state index in [4.69, 9.17) is 16.3 Å². The molecular weight excluding hydrogens is 427 g/mol. The van der Waals surface area contributed by atoms with E-state index in [0.29, 0.717) is 24.2 Å². The molecule has 1 heterocycles. The molecule has 0 aliphatic carbocycles. The van der Waals surface area contributed by atoms with E-state index >= 15 is 0 Å². The van der Waals surface area contributed by atoms with Crippen LogP contribution in [0.4, 0.5) is 0 Å². The van der Waals surface area contributed by atoms with Crippen molar-refractivity contribution in [2.75, 3.05) is 26.3 Å². The van der Waals surface area contributed by atoms with Crippen LogP contribution in [0, 0.1) is 5.92 Å². The molecule has 7 heteroatoms. The zero-order valence-electron chi connectivity index (χ0n) is 14.1. The van der Waals surface area contributed by atoms with E-state index in [0.717, 1.165) is 37.6 Å². The lowest BCUT2D eigenvalue weighted by Gasteiger charge is -2.12. The number of hydrogen-bond donors (Lipinski definition) is 2. The van der Waals surface area contributed by atoms with Crippen LogP contribution in [0.3, 0.4) is 0 Å². The van der Waals surface area contributed by atoms with E-state index in [1.54, 1.807) is 12.3 Å². The van der Waals surface area contributed by atoms with E-state index < -0.39 is 0 Å². The highest BCUT2D eigenvalue weighted by Gasteiger charge is 1.99. The molecule has 132 valence electrons. The van der Waals surface area contributed by atoms with Crippen molar-refractivity contribution < 1.29 is 4.74 Å². The Balaban J connectivity index is 0.00000484. The number of ether oxygens (including phenoxy) is 1. The molecule has 0 aliphatic heterocycles. The number of nitrogens with one attached hydrogen (secondary N) is 2. The lowest BCUT2D eigenvalue weighted by atomic mass is 10.1. The standard InChI is InChI=1S/C16H27ClN4O.HI/c1-4-18-16(19-8-10-22-9-7-13(2)3)21-12-14-5-6-15(17)20-11-14;/h5-6,11,13H,4,7-10,12H2,1-3H3,(H2,18,19,21);1H. The first-order valence-electron chi connectivity index (χ1n) is 7.82. The van der Waals surface area contributed by atoms with Crippen molar-refractivity contribution in [3.05, 3.63) is 29.0 Å². The summed E-state index contributed by atoms with van der Waals surface area (Å²) in [6.45, 7) is 10.0. The second-order valence-electron chi connectivity index (χ2n) is 5.41. The van der Waals surface area contributed by atoms with E-state index in [9.17, 15) is 0 Å². The van der Waals surface area contributed by atoms with Crippen LogP contribution in [-0.2, 0) is 11.3 Å². The summed E-state index contributed by atoms with van der Waals surface area (Å²) in [7, 11) is 0. The van der Waals surface area contributed by atoms with Crippen molar-refractivity contribution in [2.24, 2.45) is 10.9 Å². The van der Waals surface area contributed by atoms with Crippen LogP contribution >= 0.6 is 35.6 Å². The van der Waals surface area contributed by atoms with Gasteiger partial charge in [-0.05, 0) is 30.9 Å². The maximum atomic E-state index is 5.77. The Kier molecular flexibility index (Phi) is 13.4. The summed E-state index contributed by atoms with van der Waals surface area (Å²) in [6.07, 6.45) is 2.84. The third kappa shape index (κ3) is 11.6. The fraction of sp³-hybridized carbons (Fsp3) is 0.625. The monoisotopic (exact) mass is 454 g/mol. The van der Waals surface area contributed by atoms with Crippen molar-refractivity contribution in [1.29, 1.82) is 0 Å². The predicted molar refractivity (Wildman–Crippen MR) is 108 cm³/mol. The molecule has 0 amide bonds. The van der Waals surface area contributed by atoms with Gasteiger partial charge in [-0.15, -0.1) is 24.0 Å². The van der Waals surface area contributed by atoms with Crippen LogP contribution in [0.5, 0.6) is 0 Å². The molecule has 0 radical (unpaired) electrons. The minimum atomic E-state index is 0. The first-order chi connectivity index (χ1) is 10.6. The molecule has 0 aromatic carbocycles. The number of pyridine rings is 1. The zero-order chi connectivity index (χ0) is 16.2. The van der Waals surface area contributed by atoms with Crippen LogP contribution in [0.15, 0.2) is 23.3 Å². The summed E-state index contributed by atoms with van der Waals surface area (Å²) < 4.78 is 5.58. The maximum Gasteiger partial charge on any atom is 0.191 e. The second-order valence-corrected chi connectivity index (χ2v) is 5.79. The summed E-state index contributed by atoms with van der Waals surface area (Å²) in [5.74, 6) is 1.46. The summed E-state index contributed by atoms with van der Waals surface area (Å²) in [6, 6.07) is 3.70. The molecule has 1 aromatic heterocycles. The molecule has 0 unspecified atom stereocenters. The predicted octanol–water partition coefficient (Wildman–Crippen LogP) is 3.47. The Morgan fingerprint density at radius 2 is 2.09 bits per heavy atom. The Labute approximate surface area is 161 Å². The van der Waals surface area contributed by atoms with Gasteiger partial charge in [0.2, 0.25) is 0 Å². The van der Waals surface area contributed by atoms with E-state index in [-0.39, 0.29) is 24.0 Å². The molecule has 5 nitrogen and oxygen atoms in total. The lowest BCUT2D eigenvalue weighted by molar-refractivity contribution is 0.128. The molecule has 0 fully saturated rings. The normalized spacial score (nSPS) is 11.3. The number of aromatic nitrogens is 1. The Morgan fingerprint density at radius 3 is 2.70 bits per heavy atom. The largest absolute Gasteiger partial charge is 0.380 e. The third-order valence-electron chi connectivity index (χ3n) is 2.93. The molecule has 0 atom stereocenters. The highest BCUT2D eigenvalue weighted by Crippen LogP contribution is 2.06. The summed E-state index contributed by atoms with van der Waals surface area (Å²) >= 11 is 5.77. The lowest BCUT2D eigenvalue weighted by Crippen LogP contribution is -2.39. The van der Waals surface area contributed by atoms with E-state index in [2.05, 4.69) is 34.5 Å². The molecule has 0 saturated carbocycles. The topological polar surface area (TPSA) is 58.5 Å². The number of halogens is 2. The van der Waals surface area contributed by atoms with Crippen LogP contribution in [0.25, 0.3) is 0 Å². The van der Waals surface area contributed by atoms with Crippen LogP contribution in [-0.4, -0.2) is 37.2 Å². The van der Waals surface area contributed by atoms with Crippen molar-refractivity contribution in [3.8, 4) is 0 Å². The van der Waals surface area contributed by atoms with Crippen LogP contribution in [0.2, 0.25) is 5.15 Å². The Hall–Kier alpha value is -0.600. The summed E-state index contributed by atoms with van der Waals surface area (Å²) in [5.41, 5.74) is 1.02. The SMILES string of the molecule is CCNC(=NCc1ccc(Cl)nc1)NCCOCCC(C)C.I. The molecule has 23 heavy (non-hydrogen) atoms. The van der Waals surface area contributed by atoms with Gasteiger partial charge in [-0.2, -0.15) is 0 Å². The minimum Gasteiger partial charge on any atom is -0.380 e. The summed E-state index contributed by atoms with van der Waals surface area (Å²) in [5, 5.41) is 6.96. The van der Waals surface area contributed by atoms with Crippen molar-refractivity contribution in [3.63, 3.8) is 0 Å². The minimum absolute atomic E-state index is 0. The highest BCUT2D eigenvalue weighted by atomic mass is 127. The van der Waals surface area contributed by atoms with Crippen molar-refractivity contribution >= 4 is 41.5 Å². The number of hydrogen-bond acceptors (Lipinski definition) is 3. The number of rotatable bonds is 9. The first-order valence-corrected chi connectivity index (χ1v) is 8.20. The Bertz CT molecular complexity index is 440. The molecule has 0 spiro atoms. The number of guanidine groups is 1. The number of nitrogens with zero attached hydrogens (tertiary/aromatic N) is 2. The van der Waals surface area contributed by atoms with Gasteiger partial charge < -0.3 is 15.4 Å². The van der Waals surface area contributed by atoms with Gasteiger partial charge in [0, 0.05) is 25.9 Å². The third-order valence-corrected chi connectivity index (χ3v) is 3.15. The molecule has 2 N–H and O–H groups in total. The highest BCUT2D eigenvalue weighted by molar-refractivity contribution is 14.0. The van der Waals surface area contributed by atoms with Crippen molar-refractivity contribution in [1.82, 2.24) is 15.6 Å². The molecule has 0 aliphatic rings. The fourth-order valence-electron chi connectivity index (χ4n) is 1.67. The van der Waals surface area contributed by atoms with Gasteiger partial charge in [0.25, 0.3) is 0 Å².